The van der Waals surface area contributed by atoms with Crippen molar-refractivity contribution < 1.29 is 64.6 Å². The van der Waals surface area contributed by atoms with Crippen LogP contribution in [0.4, 0.5) is 0 Å². The SMILES string of the molecule is CCCCCCC/C=C\C/C=C\C/C=C\CCCCCCCCCCCCCCCCCCCCCCC(=O)NC(COC1OC(CO)C(OC2OC(CO)C(O)C(O)C2O)C(O)C1O)C(O)/C=C/CC/C=C/CC/C=C/CCCCCCCCCCCCCCCCCCCCCCC. The highest BCUT2D eigenvalue weighted by molar-refractivity contribution is 5.76. The number of ether oxygens (including phenoxy) is 4. The zero-order valence-corrected chi connectivity index (χ0v) is 64.2. The number of hydrogen-bond acceptors (Lipinski definition) is 13. The molecule has 2 rings (SSSR count). The molecule has 0 radical (unpaired) electrons. The molecule has 9 N–H and O–H groups in total. The molecule has 12 unspecified atom stereocenters. The summed E-state index contributed by atoms with van der Waals surface area (Å²) in [6.45, 7) is 2.82. The Balaban J connectivity index is 1.62. The molecule has 1 amide bonds. The lowest BCUT2D eigenvalue weighted by Gasteiger charge is -2.46. The van der Waals surface area contributed by atoms with Crippen LogP contribution in [0.25, 0.3) is 0 Å². The third-order valence-electron chi connectivity index (χ3n) is 20.3. The highest BCUT2D eigenvalue weighted by Gasteiger charge is 2.51. The van der Waals surface area contributed by atoms with Crippen LogP contribution in [0, 0.1) is 0 Å². The van der Waals surface area contributed by atoms with Gasteiger partial charge in [0.25, 0.3) is 0 Å². The van der Waals surface area contributed by atoms with Crippen molar-refractivity contribution in [2.24, 2.45) is 0 Å². The third kappa shape index (κ3) is 51.6. The number of rotatable bonds is 71. The number of amides is 1. The minimum absolute atomic E-state index is 0.248. The van der Waals surface area contributed by atoms with Gasteiger partial charge in [-0.1, -0.05) is 356 Å². The van der Waals surface area contributed by atoms with Crippen molar-refractivity contribution in [3.8, 4) is 0 Å². The van der Waals surface area contributed by atoms with E-state index in [-0.39, 0.29) is 18.9 Å². The molecule has 2 aliphatic heterocycles. The van der Waals surface area contributed by atoms with Gasteiger partial charge >= 0.3 is 0 Å². The molecular formula is C86H157NO13. The van der Waals surface area contributed by atoms with Gasteiger partial charge < -0.3 is 65.1 Å². The zero-order valence-electron chi connectivity index (χ0n) is 64.2. The quantitative estimate of drug-likeness (QED) is 0.0204. The van der Waals surface area contributed by atoms with E-state index >= 15 is 0 Å². The number of nitrogens with one attached hydrogen (secondary N) is 1. The van der Waals surface area contributed by atoms with E-state index in [9.17, 15) is 45.6 Å². The monoisotopic (exact) mass is 1410 g/mol. The molecule has 14 heteroatoms. The molecule has 0 bridgehead atoms. The fourth-order valence-corrected chi connectivity index (χ4v) is 13.7. The molecule has 2 heterocycles. The lowest BCUT2D eigenvalue weighted by atomic mass is 9.97. The maximum absolute atomic E-state index is 13.4. The van der Waals surface area contributed by atoms with E-state index in [1.165, 1.54) is 283 Å². The van der Waals surface area contributed by atoms with Crippen LogP contribution in [0.15, 0.2) is 72.9 Å². The zero-order chi connectivity index (χ0) is 72.2. The second-order valence-corrected chi connectivity index (χ2v) is 29.6. The lowest BCUT2D eigenvalue weighted by molar-refractivity contribution is -0.359. The minimum atomic E-state index is -1.80. The maximum atomic E-state index is 13.4. The third-order valence-corrected chi connectivity index (χ3v) is 20.3. The summed E-state index contributed by atoms with van der Waals surface area (Å²) in [5, 5.41) is 87.7. The normalized spacial score (nSPS) is 22.2. The van der Waals surface area contributed by atoms with Crippen LogP contribution in [0.1, 0.15) is 373 Å². The van der Waals surface area contributed by atoms with Gasteiger partial charge in [-0.3, -0.25) is 4.79 Å². The smallest absolute Gasteiger partial charge is 0.220 e. The Bertz CT molecular complexity index is 1960. The number of allylic oxidation sites excluding steroid dienone is 11. The number of carbonyl (C=O) groups excluding carboxylic acids is 1. The van der Waals surface area contributed by atoms with Gasteiger partial charge in [0.1, 0.15) is 48.8 Å². The average molecular weight is 1410 g/mol. The molecule has 0 aromatic carbocycles. The highest BCUT2D eigenvalue weighted by Crippen LogP contribution is 2.30. The van der Waals surface area contributed by atoms with E-state index in [4.69, 9.17) is 18.9 Å². The molecule has 584 valence electrons. The predicted octanol–water partition coefficient (Wildman–Crippen LogP) is 19.7. The number of carbonyl (C=O) groups is 1. The van der Waals surface area contributed by atoms with Crippen molar-refractivity contribution in [2.45, 2.75) is 447 Å². The van der Waals surface area contributed by atoms with Crippen molar-refractivity contribution in [2.75, 3.05) is 19.8 Å². The van der Waals surface area contributed by atoms with Crippen LogP contribution in [0.2, 0.25) is 0 Å². The van der Waals surface area contributed by atoms with E-state index in [2.05, 4.69) is 79.9 Å². The molecule has 0 saturated carbocycles. The summed E-state index contributed by atoms with van der Waals surface area (Å²) in [4.78, 5) is 13.4. The fraction of sp³-hybridized carbons (Fsp3) is 0.849. The van der Waals surface area contributed by atoms with E-state index in [0.717, 1.165) is 57.8 Å². The predicted molar refractivity (Wildman–Crippen MR) is 415 cm³/mol. The number of hydrogen-bond donors (Lipinski definition) is 9. The molecule has 2 saturated heterocycles. The molecule has 12 atom stereocenters. The van der Waals surface area contributed by atoms with Gasteiger partial charge in [-0.05, 0) is 83.5 Å². The van der Waals surface area contributed by atoms with Gasteiger partial charge in [0.15, 0.2) is 12.6 Å². The fourth-order valence-electron chi connectivity index (χ4n) is 13.7. The number of aliphatic hydroxyl groups is 8. The largest absolute Gasteiger partial charge is 0.394 e. The van der Waals surface area contributed by atoms with Crippen molar-refractivity contribution in [1.29, 1.82) is 0 Å². The summed E-state index contributed by atoms with van der Waals surface area (Å²) in [5.41, 5.74) is 0. The summed E-state index contributed by atoms with van der Waals surface area (Å²) < 4.78 is 22.9. The first kappa shape index (κ1) is 93.5. The van der Waals surface area contributed by atoms with E-state index in [1.54, 1.807) is 6.08 Å². The number of unbranched alkanes of at least 4 members (excludes halogenated alkanes) is 48. The Morgan fingerprint density at radius 3 is 1.05 bits per heavy atom. The topological polar surface area (TPSA) is 228 Å². The minimum Gasteiger partial charge on any atom is -0.394 e. The Labute approximate surface area is 612 Å². The molecule has 0 aromatic rings. The summed E-state index contributed by atoms with van der Waals surface area (Å²) in [6.07, 6.45) is 80.0. The first-order valence-corrected chi connectivity index (χ1v) is 42.2. The second-order valence-electron chi connectivity index (χ2n) is 29.6. The van der Waals surface area contributed by atoms with Gasteiger partial charge in [0, 0.05) is 6.42 Å². The van der Waals surface area contributed by atoms with Crippen molar-refractivity contribution in [3.63, 3.8) is 0 Å². The highest BCUT2D eigenvalue weighted by atomic mass is 16.7. The van der Waals surface area contributed by atoms with E-state index in [0.29, 0.717) is 12.8 Å². The number of aliphatic hydroxyl groups excluding tert-OH is 8. The second kappa shape index (κ2) is 69.5. The Kier molecular flexibility index (Phi) is 65.0. The molecule has 2 aliphatic rings. The summed E-state index contributed by atoms with van der Waals surface area (Å²) in [5.74, 6) is -0.248. The summed E-state index contributed by atoms with van der Waals surface area (Å²) >= 11 is 0. The summed E-state index contributed by atoms with van der Waals surface area (Å²) in [6, 6.07) is -0.942. The van der Waals surface area contributed by atoms with Crippen LogP contribution >= 0.6 is 0 Å². The first-order chi connectivity index (χ1) is 49.1. The molecule has 0 spiro atoms. The maximum Gasteiger partial charge on any atom is 0.220 e. The van der Waals surface area contributed by atoms with Crippen LogP contribution < -0.4 is 5.32 Å². The molecule has 2 fully saturated rings. The Hall–Kier alpha value is -2.57. The molecule has 0 aliphatic carbocycles. The van der Waals surface area contributed by atoms with Crippen molar-refractivity contribution in [3.05, 3.63) is 72.9 Å². The van der Waals surface area contributed by atoms with Crippen LogP contribution in [0.3, 0.4) is 0 Å². The van der Waals surface area contributed by atoms with E-state index < -0.39 is 86.8 Å². The van der Waals surface area contributed by atoms with Gasteiger partial charge in [0.2, 0.25) is 5.91 Å². The molecule has 100 heavy (non-hydrogen) atoms. The van der Waals surface area contributed by atoms with Crippen LogP contribution in [-0.4, -0.2) is 140 Å². The van der Waals surface area contributed by atoms with Crippen molar-refractivity contribution >= 4 is 5.91 Å². The molecule has 14 nitrogen and oxygen atoms in total. The van der Waals surface area contributed by atoms with Crippen LogP contribution in [-0.2, 0) is 23.7 Å². The Morgan fingerprint density at radius 1 is 0.360 bits per heavy atom. The average Bonchev–Trinajstić information content (AvgIpc) is 0.790. The first-order valence-electron chi connectivity index (χ1n) is 42.2. The van der Waals surface area contributed by atoms with Gasteiger partial charge in [-0.2, -0.15) is 0 Å². The molecule has 0 aromatic heterocycles. The van der Waals surface area contributed by atoms with E-state index in [1.807, 2.05) is 6.08 Å². The standard InChI is InChI=1S/C86H157NO13/c1-3-5-7-9-11-13-15-17-19-21-23-25-27-29-31-33-35-36-37-38-40-42-44-46-48-50-52-54-56-58-60-62-64-66-68-70-78(91)87-74(73-97-85-83(96)81(94)84(77(72-89)99-85)100-86-82(95)80(93)79(92)76(71-88)98-86)75(90)69-67-65-63-61-59-57-55-53-51-49-47-45-43-41-39-34-32-30-28-26-24-22-20-18-16-14-12-10-8-6-4-2/h15,17,21,23,27,29,51,53,59,61,67,69,74-77,79-86,88-90,92-96H,3-14,16,18-20,22,24-26,28,30-50,52,54-58,60,62-66,68,70-73H2,1-2H3,(H,87,91)/b17-15-,23-21-,29-27-,53-51+,61-59+,69-67+. The van der Waals surface area contributed by atoms with Crippen molar-refractivity contribution in [1.82, 2.24) is 5.32 Å². The summed E-state index contributed by atoms with van der Waals surface area (Å²) in [7, 11) is 0. The Morgan fingerprint density at radius 2 is 0.670 bits per heavy atom. The van der Waals surface area contributed by atoms with Gasteiger partial charge in [-0.25, -0.2) is 0 Å². The lowest BCUT2D eigenvalue weighted by Crippen LogP contribution is -2.65. The van der Waals surface area contributed by atoms with Gasteiger partial charge in [0.05, 0.1) is 32.0 Å². The molecular weight excluding hydrogens is 1250 g/mol. The van der Waals surface area contributed by atoms with Crippen LogP contribution in [0.5, 0.6) is 0 Å². The van der Waals surface area contributed by atoms with Gasteiger partial charge in [-0.15, -0.1) is 0 Å².